The monoisotopic (exact) mass is 299 g/mol. The van der Waals surface area contributed by atoms with Crippen molar-refractivity contribution in [3.8, 4) is 0 Å². The fraction of sp³-hybridized carbons (Fsp3) is 0.571. The number of anilines is 1. The van der Waals surface area contributed by atoms with Crippen LogP contribution in [-0.4, -0.2) is 17.3 Å². The molecule has 2 N–H and O–H groups in total. The maximum atomic E-state index is 10.2. The van der Waals surface area contributed by atoms with E-state index in [1.165, 1.54) is 5.56 Å². The van der Waals surface area contributed by atoms with Crippen LogP contribution in [0.3, 0.4) is 0 Å². The zero-order valence-corrected chi connectivity index (χ0v) is 12.6. The Labute approximate surface area is 113 Å². The maximum absolute atomic E-state index is 10.2. The van der Waals surface area contributed by atoms with Crippen LogP contribution in [0.25, 0.3) is 0 Å². The molecule has 0 spiro atoms. The molecular weight excluding hydrogens is 278 g/mol. The third kappa shape index (κ3) is 4.00. The molecule has 0 aliphatic rings. The van der Waals surface area contributed by atoms with Crippen molar-refractivity contribution in [3.63, 3.8) is 0 Å². The summed E-state index contributed by atoms with van der Waals surface area (Å²) in [6, 6.07) is 6.19. The van der Waals surface area contributed by atoms with Gasteiger partial charge in [-0.25, -0.2) is 0 Å². The van der Waals surface area contributed by atoms with E-state index in [0.29, 0.717) is 6.54 Å². The molecule has 1 unspecified atom stereocenters. The molecule has 0 saturated heterocycles. The molecule has 0 fully saturated rings. The van der Waals surface area contributed by atoms with E-state index in [1.807, 2.05) is 26.8 Å². The number of nitrogens with one attached hydrogen (secondary N) is 1. The minimum Gasteiger partial charge on any atom is -0.388 e. The van der Waals surface area contributed by atoms with Crippen LogP contribution in [0.2, 0.25) is 0 Å². The molecular formula is C14H22BrNO. The standard InChI is InChI=1S/C14H22BrNO/c1-5-11-8-12(15)6-7-13(11)16-9-14(4,17)10(2)3/h6-8,10,16-17H,5,9H2,1-4H3. The summed E-state index contributed by atoms with van der Waals surface area (Å²) in [7, 11) is 0. The van der Waals surface area contributed by atoms with Gasteiger partial charge in [0.05, 0.1) is 5.60 Å². The van der Waals surface area contributed by atoms with E-state index < -0.39 is 5.60 Å². The molecule has 1 aromatic carbocycles. The number of aryl methyl sites for hydroxylation is 1. The van der Waals surface area contributed by atoms with Crippen molar-refractivity contribution in [1.29, 1.82) is 0 Å². The Hall–Kier alpha value is -0.540. The molecule has 96 valence electrons. The highest BCUT2D eigenvalue weighted by molar-refractivity contribution is 9.10. The molecule has 1 aromatic rings. The zero-order valence-electron chi connectivity index (χ0n) is 11.0. The highest BCUT2D eigenvalue weighted by Gasteiger charge is 2.24. The first-order chi connectivity index (χ1) is 7.86. The Balaban J connectivity index is 2.76. The first kappa shape index (κ1) is 14.5. The second-order valence-electron chi connectivity index (χ2n) is 5.02. The van der Waals surface area contributed by atoms with Crippen molar-refractivity contribution in [3.05, 3.63) is 28.2 Å². The Kier molecular flexibility index (Phi) is 5.02. The SMILES string of the molecule is CCc1cc(Br)ccc1NCC(C)(O)C(C)C. The minimum atomic E-state index is -0.682. The Morgan fingerprint density at radius 1 is 1.41 bits per heavy atom. The number of hydrogen-bond donors (Lipinski definition) is 2. The highest BCUT2D eigenvalue weighted by atomic mass is 79.9. The molecule has 0 heterocycles. The predicted molar refractivity (Wildman–Crippen MR) is 77.5 cm³/mol. The normalized spacial score (nSPS) is 14.8. The van der Waals surface area contributed by atoms with Crippen LogP contribution in [0.5, 0.6) is 0 Å². The number of hydrogen-bond acceptors (Lipinski definition) is 2. The summed E-state index contributed by atoms with van der Waals surface area (Å²) < 4.78 is 1.09. The van der Waals surface area contributed by atoms with Crippen molar-refractivity contribution in [2.45, 2.75) is 39.7 Å². The fourth-order valence-electron chi connectivity index (χ4n) is 1.51. The molecule has 0 saturated carbocycles. The number of benzene rings is 1. The van der Waals surface area contributed by atoms with Gasteiger partial charge in [0.25, 0.3) is 0 Å². The quantitative estimate of drug-likeness (QED) is 0.866. The van der Waals surface area contributed by atoms with E-state index in [1.54, 1.807) is 0 Å². The third-order valence-electron chi connectivity index (χ3n) is 3.33. The highest BCUT2D eigenvalue weighted by Crippen LogP contribution is 2.23. The van der Waals surface area contributed by atoms with Gasteiger partial charge < -0.3 is 10.4 Å². The van der Waals surface area contributed by atoms with Gasteiger partial charge in [0.2, 0.25) is 0 Å². The summed E-state index contributed by atoms with van der Waals surface area (Å²) in [5.74, 6) is 0.232. The molecule has 3 heteroatoms. The average Bonchev–Trinajstić information content (AvgIpc) is 2.27. The molecule has 1 rings (SSSR count). The number of rotatable bonds is 5. The van der Waals surface area contributed by atoms with Crippen LogP contribution in [0.4, 0.5) is 5.69 Å². The zero-order chi connectivity index (χ0) is 13.1. The maximum Gasteiger partial charge on any atom is 0.0813 e. The summed E-state index contributed by atoms with van der Waals surface area (Å²) in [5.41, 5.74) is 1.69. The molecule has 0 radical (unpaired) electrons. The van der Waals surface area contributed by atoms with E-state index in [4.69, 9.17) is 0 Å². The molecule has 1 atom stereocenters. The summed E-state index contributed by atoms with van der Waals surface area (Å²) in [5, 5.41) is 13.5. The number of aliphatic hydroxyl groups is 1. The van der Waals surface area contributed by atoms with Crippen molar-refractivity contribution in [2.75, 3.05) is 11.9 Å². The van der Waals surface area contributed by atoms with Gasteiger partial charge in [0.15, 0.2) is 0 Å². The van der Waals surface area contributed by atoms with Crippen LogP contribution in [-0.2, 0) is 6.42 Å². The van der Waals surface area contributed by atoms with Gasteiger partial charge in [-0.3, -0.25) is 0 Å². The second-order valence-corrected chi connectivity index (χ2v) is 5.94. The summed E-state index contributed by atoms with van der Waals surface area (Å²) in [4.78, 5) is 0. The summed E-state index contributed by atoms with van der Waals surface area (Å²) in [6.07, 6.45) is 0.978. The first-order valence-electron chi connectivity index (χ1n) is 6.11. The van der Waals surface area contributed by atoms with Crippen molar-refractivity contribution in [2.24, 2.45) is 5.92 Å². The molecule has 0 aliphatic heterocycles. The minimum absolute atomic E-state index is 0.232. The van der Waals surface area contributed by atoms with Gasteiger partial charge in [0, 0.05) is 16.7 Å². The van der Waals surface area contributed by atoms with Crippen LogP contribution in [0.1, 0.15) is 33.3 Å². The fourth-order valence-corrected chi connectivity index (χ4v) is 1.91. The molecule has 0 amide bonds. The summed E-state index contributed by atoms with van der Waals surface area (Å²) in [6.45, 7) is 8.63. The predicted octanol–water partition coefficient (Wildman–Crippen LogP) is 3.83. The van der Waals surface area contributed by atoms with Gasteiger partial charge in [-0.1, -0.05) is 36.7 Å². The second kappa shape index (κ2) is 5.87. The Bertz CT molecular complexity index is 374. The smallest absolute Gasteiger partial charge is 0.0813 e. The van der Waals surface area contributed by atoms with Crippen LogP contribution >= 0.6 is 15.9 Å². The summed E-state index contributed by atoms with van der Waals surface area (Å²) >= 11 is 3.47. The van der Waals surface area contributed by atoms with E-state index in [9.17, 15) is 5.11 Å². The lowest BCUT2D eigenvalue weighted by Gasteiger charge is -2.28. The topological polar surface area (TPSA) is 32.3 Å². The third-order valence-corrected chi connectivity index (χ3v) is 3.82. The van der Waals surface area contributed by atoms with Crippen LogP contribution in [0, 0.1) is 5.92 Å². The lowest BCUT2D eigenvalue weighted by atomic mass is 9.92. The van der Waals surface area contributed by atoms with E-state index in [2.05, 4.69) is 40.3 Å². The van der Waals surface area contributed by atoms with E-state index in [-0.39, 0.29) is 5.92 Å². The molecule has 0 aromatic heterocycles. The van der Waals surface area contributed by atoms with Gasteiger partial charge in [0.1, 0.15) is 0 Å². The van der Waals surface area contributed by atoms with E-state index >= 15 is 0 Å². The Morgan fingerprint density at radius 3 is 2.59 bits per heavy atom. The lowest BCUT2D eigenvalue weighted by Crippen LogP contribution is -2.38. The van der Waals surface area contributed by atoms with Gasteiger partial charge in [-0.05, 0) is 43.0 Å². The van der Waals surface area contributed by atoms with E-state index in [0.717, 1.165) is 16.6 Å². The lowest BCUT2D eigenvalue weighted by molar-refractivity contribution is 0.0266. The van der Waals surface area contributed by atoms with Gasteiger partial charge in [-0.2, -0.15) is 0 Å². The van der Waals surface area contributed by atoms with Crippen molar-refractivity contribution >= 4 is 21.6 Å². The Morgan fingerprint density at radius 2 is 2.06 bits per heavy atom. The van der Waals surface area contributed by atoms with Gasteiger partial charge in [-0.15, -0.1) is 0 Å². The van der Waals surface area contributed by atoms with Crippen molar-refractivity contribution < 1.29 is 5.11 Å². The molecule has 0 aliphatic carbocycles. The average molecular weight is 300 g/mol. The van der Waals surface area contributed by atoms with Crippen LogP contribution < -0.4 is 5.32 Å². The number of halogens is 1. The molecule has 0 bridgehead atoms. The van der Waals surface area contributed by atoms with Crippen molar-refractivity contribution in [1.82, 2.24) is 0 Å². The first-order valence-corrected chi connectivity index (χ1v) is 6.90. The molecule has 17 heavy (non-hydrogen) atoms. The van der Waals surface area contributed by atoms with Gasteiger partial charge >= 0.3 is 0 Å². The largest absolute Gasteiger partial charge is 0.388 e. The molecule has 2 nitrogen and oxygen atoms in total. The van der Waals surface area contributed by atoms with Crippen LogP contribution in [0.15, 0.2) is 22.7 Å².